The van der Waals surface area contributed by atoms with Crippen molar-refractivity contribution in [3.8, 4) is 0 Å². The van der Waals surface area contributed by atoms with E-state index in [1.807, 2.05) is 47.0 Å². The fraction of sp³-hybridized carbons (Fsp3) is 0.0455. The van der Waals surface area contributed by atoms with Gasteiger partial charge in [0.2, 0.25) is 0 Å². The molecule has 0 spiro atoms. The Bertz CT molecular complexity index is 1330. The number of benzene rings is 3. The molecule has 0 radical (unpaired) electrons. The third-order valence-corrected chi connectivity index (χ3v) is 4.71. The molecular formula is C22H14FN3O. The van der Waals surface area contributed by atoms with Gasteiger partial charge >= 0.3 is 0 Å². The van der Waals surface area contributed by atoms with E-state index in [1.54, 1.807) is 18.2 Å². The minimum atomic E-state index is -0.348. The number of nitrogens with zero attached hydrogens (tertiary/aromatic N) is 3. The van der Waals surface area contributed by atoms with Crippen LogP contribution in [0.1, 0.15) is 10.4 Å². The first-order valence-electron chi connectivity index (χ1n) is 8.63. The maximum absolute atomic E-state index is 13.6. The van der Waals surface area contributed by atoms with Crippen LogP contribution < -0.4 is 0 Å². The van der Waals surface area contributed by atoms with Crippen LogP contribution in [0, 0.1) is 5.82 Å². The lowest BCUT2D eigenvalue weighted by Crippen LogP contribution is -2.10. The summed E-state index contributed by atoms with van der Waals surface area (Å²) in [5, 5.41) is 0.895. The fourth-order valence-corrected chi connectivity index (χ4v) is 3.43. The quantitative estimate of drug-likeness (QED) is 0.438. The molecule has 0 aliphatic rings. The van der Waals surface area contributed by atoms with Gasteiger partial charge in [-0.1, -0.05) is 48.5 Å². The third-order valence-electron chi connectivity index (χ3n) is 4.71. The van der Waals surface area contributed by atoms with Crippen molar-refractivity contribution in [2.24, 2.45) is 0 Å². The van der Waals surface area contributed by atoms with E-state index in [9.17, 15) is 9.18 Å². The maximum Gasteiger partial charge on any atom is 0.182 e. The van der Waals surface area contributed by atoms with Gasteiger partial charge in [0.05, 0.1) is 23.1 Å². The highest BCUT2D eigenvalue weighted by atomic mass is 19.1. The van der Waals surface area contributed by atoms with Gasteiger partial charge in [0, 0.05) is 17.0 Å². The van der Waals surface area contributed by atoms with Crippen molar-refractivity contribution in [2.75, 3.05) is 0 Å². The molecule has 130 valence electrons. The van der Waals surface area contributed by atoms with E-state index in [1.165, 1.54) is 12.1 Å². The predicted molar refractivity (Wildman–Crippen MR) is 103 cm³/mol. The normalized spacial score (nSPS) is 11.4. The molecule has 0 saturated heterocycles. The summed E-state index contributed by atoms with van der Waals surface area (Å²) in [5.74, 6) is -0.349. The Morgan fingerprint density at radius 3 is 2.52 bits per heavy atom. The summed E-state index contributed by atoms with van der Waals surface area (Å²) in [6, 6.07) is 21.3. The van der Waals surface area contributed by atoms with Crippen molar-refractivity contribution in [3.63, 3.8) is 0 Å². The minimum Gasteiger partial charge on any atom is -0.316 e. The molecule has 0 fully saturated rings. The summed E-state index contributed by atoms with van der Waals surface area (Å²) in [6.45, 7) is 0.162. The van der Waals surface area contributed by atoms with Crippen molar-refractivity contribution >= 4 is 38.9 Å². The molecule has 2 heterocycles. The summed E-state index contributed by atoms with van der Waals surface area (Å²) < 4.78 is 15.5. The molecule has 0 bridgehead atoms. The highest BCUT2D eigenvalue weighted by Gasteiger charge is 2.17. The molecule has 0 unspecified atom stereocenters. The van der Waals surface area contributed by atoms with Gasteiger partial charge in [-0.2, -0.15) is 0 Å². The standard InChI is InChI=1S/C22H14FN3O/c23-15-10-11-17-18(12-15)24-21-16-8-4-5-9-19(16)26(22(21)25-17)13-20(27)14-6-2-1-3-7-14/h1-12H,13H2. The molecule has 2 aromatic heterocycles. The molecule has 0 N–H and O–H groups in total. The van der Waals surface area contributed by atoms with Crippen LogP contribution in [-0.2, 0) is 6.54 Å². The van der Waals surface area contributed by atoms with E-state index in [4.69, 9.17) is 0 Å². The summed E-state index contributed by atoms with van der Waals surface area (Å²) in [7, 11) is 0. The Morgan fingerprint density at radius 1 is 0.889 bits per heavy atom. The molecule has 3 aromatic carbocycles. The van der Waals surface area contributed by atoms with Crippen LogP contribution in [0.25, 0.3) is 33.1 Å². The highest BCUT2D eigenvalue weighted by Crippen LogP contribution is 2.28. The molecule has 0 aliphatic carbocycles. The van der Waals surface area contributed by atoms with Crippen LogP contribution in [0.3, 0.4) is 0 Å². The maximum atomic E-state index is 13.6. The van der Waals surface area contributed by atoms with Crippen molar-refractivity contribution < 1.29 is 9.18 Å². The van der Waals surface area contributed by atoms with Crippen LogP contribution in [0.15, 0.2) is 72.8 Å². The van der Waals surface area contributed by atoms with Crippen LogP contribution >= 0.6 is 0 Å². The van der Waals surface area contributed by atoms with Gasteiger partial charge in [0.1, 0.15) is 11.3 Å². The zero-order valence-corrected chi connectivity index (χ0v) is 14.3. The first-order valence-corrected chi connectivity index (χ1v) is 8.63. The van der Waals surface area contributed by atoms with Crippen LogP contribution in [0.4, 0.5) is 4.39 Å². The Labute approximate surface area is 153 Å². The molecule has 0 saturated carbocycles. The zero-order valence-electron chi connectivity index (χ0n) is 14.3. The number of rotatable bonds is 3. The van der Waals surface area contributed by atoms with Gasteiger partial charge in [-0.25, -0.2) is 14.4 Å². The number of aromatic nitrogens is 3. The number of hydrogen-bond donors (Lipinski definition) is 0. The molecule has 4 nitrogen and oxygen atoms in total. The lowest BCUT2D eigenvalue weighted by molar-refractivity contribution is 0.0974. The highest BCUT2D eigenvalue weighted by molar-refractivity contribution is 6.08. The van der Waals surface area contributed by atoms with Crippen LogP contribution in [-0.4, -0.2) is 20.3 Å². The van der Waals surface area contributed by atoms with E-state index in [0.29, 0.717) is 27.8 Å². The summed E-state index contributed by atoms with van der Waals surface area (Å²) >= 11 is 0. The van der Waals surface area contributed by atoms with E-state index in [2.05, 4.69) is 9.97 Å². The number of halogens is 1. The second-order valence-corrected chi connectivity index (χ2v) is 6.42. The van der Waals surface area contributed by atoms with Gasteiger partial charge in [0.25, 0.3) is 0 Å². The Morgan fingerprint density at radius 2 is 1.67 bits per heavy atom. The molecule has 5 aromatic rings. The summed E-state index contributed by atoms with van der Waals surface area (Å²) in [4.78, 5) is 22.1. The molecular weight excluding hydrogens is 341 g/mol. The number of hydrogen-bond acceptors (Lipinski definition) is 3. The number of Topliss-reactive ketones (excluding diaryl/α,β-unsaturated/α-hetero) is 1. The van der Waals surface area contributed by atoms with Crippen molar-refractivity contribution in [1.82, 2.24) is 14.5 Å². The molecule has 5 heteroatoms. The largest absolute Gasteiger partial charge is 0.316 e. The number of fused-ring (bicyclic) bond motifs is 4. The zero-order chi connectivity index (χ0) is 18.4. The molecule has 0 amide bonds. The van der Waals surface area contributed by atoms with Crippen LogP contribution in [0.5, 0.6) is 0 Å². The van der Waals surface area contributed by atoms with E-state index in [-0.39, 0.29) is 18.1 Å². The van der Waals surface area contributed by atoms with Crippen molar-refractivity contribution in [3.05, 3.63) is 84.2 Å². The molecule has 0 atom stereocenters. The Hall–Kier alpha value is -3.60. The summed E-state index contributed by atoms with van der Waals surface area (Å²) in [5.41, 5.74) is 3.93. The summed E-state index contributed by atoms with van der Waals surface area (Å²) in [6.07, 6.45) is 0. The lowest BCUT2D eigenvalue weighted by Gasteiger charge is -2.06. The first-order chi connectivity index (χ1) is 13.2. The molecule has 27 heavy (non-hydrogen) atoms. The first kappa shape index (κ1) is 15.6. The number of para-hydroxylation sites is 1. The minimum absolute atomic E-state index is 0.000689. The molecule has 0 aliphatic heterocycles. The predicted octanol–water partition coefficient (Wildman–Crippen LogP) is 4.76. The van der Waals surface area contributed by atoms with Gasteiger partial charge in [-0.05, 0) is 18.2 Å². The van der Waals surface area contributed by atoms with E-state index < -0.39 is 0 Å². The fourth-order valence-electron chi connectivity index (χ4n) is 3.43. The number of carbonyl (C=O) groups is 1. The lowest BCUT2D eigenvalue weighted by atomic mass is 10.1. The van der Waals surface area contributed by atoms with Gasteiger partial charge in [0.15, 0.2) is 11.4 Å². The second kappa shape index (κ2) is 5.99. The van der Waals surface area contributed by atoms with Gasteiger partial charge in [-0.3, -0.25) is 4.79 Å². The molecule has 5 rings (SSSR count). The van der Waals surface area contributed by atoms with Gasteiger partial charge in [-0.15, -0.1) is 0 Å². The van der Waals surface area contributed by atoms with Crippen molar-refractivity contribution in [1.29, 1.82) is 0 Å². The SMILES string of the molecule is O=C(Cn1c2ccccc2c2nc3cc(F)ccc3nc21)c1ccccc1. The van der Waals surface area contributed by atoms with Crippen LogP contribution in [0.2, 0.25) is 0 Å². The second-order valence-electron chi connectivity index (χ2n) is 6.42. The van der Waals surface area contributed by atoms with E-state index >= 15 is 0 Å². The topological polar surface area (TPSA) is 47.8 Å². The van der Waals surface area contributed by atoms with Gasteiger partial charge < -0.3 is 4.57 Å². The smallest absolute Gasteiger partial charge is 0.182 e. The monoisotopic (exact) mass is 355 g/mol. The Balaban J connectivity index is 1.76. The third kappa shape index (κ3) is 2.56. The Kier molecular flexibility index (Phi) is 3.47. The average Bonchev–Trinajstić information content (AvgIpc) is 3.00. The number of ketones is 1. The number of carbonyl (C=O) groups excluding carboxylic acids is 1. The average molecular weight is 355 g/mol. The van der Waals surface area contributed by atoms with E-state index in [0.717, 1.165) is 10.9 Å². The van der Waals surface area contributed by atoms with Crippen molar-refractivity contribution in [2.45, 2.75) is 6.54 Å².